The summed E-state index contributed by atoms with van der Waals surface area (Å²) in [6.45, 7) is 4.58. The highest BCUT2D eigenvalue weighted by Crippen LogP contribution is 2.47. The number of carbonyl (C=O) groups excluding carboxylic acids is 1. The monoisotopic (exact) mass is 404 g/mol. The third kappa shape index (κ3) is 3.29. The number of fused-ring (bicyclic) bond motifs is 1. The molecular formula is C19H21FN4O3S. The molecule has 0 aliphatic carbocycles. The molecule has 1 aromatic heterocycles. The van der Waals surface area contributed by atoms with Gasteiger partial charge in [0.15, 0.2) is 16.8 Å². The normalized spacial score (nSPS) is 27.0. The largest absolute Gasteiger partial charge is 0.448 e. The molecule has 9 heteroatoms. The number of nitrogens with two attached hydrogens (primary N) is 1. The van der Waals surface area contributed by atoms with E-state index in [1.807, 2.05) is 0 Å². The summed E-state index contributed by atoms with van der Waals surface area (Å²) in [4.78, 5) is 21.0. The lowest BCUT2D eigenvalue weighted by atomic mass is 9.72. The molecule has 3 heterocycles. The molecule has 28 heavy (non-hydrogen) atoms. The molecule has 2 aliphatic rings. The number of aromatic nitrogens is 1. The average Bonchev–Trinajstić information content (AvgIpc) is 3.09. The van der Waals surface area contributed by atoms with Crippen LogP contribution in [0.15, 0.2) is 33.9 Å². The molecule has 148 valence electrons. The zero-order valence-corrected chi connectivity index (χ0v) is 16.4. The molecule has 0 bridgehead atoms. The molecule has 7 nitrogen and oxygen atoms in total. The van der Waals surface area contributed by atoms with Crippen molar-refractivity contribution in [1.29, 1.82) is 0 Å². The molecule has 3 N–H and O–H groups in total. The highest BCUT2D eigenvalue weighted by Gasteiger charge is 2.50. The van der Waals surface area contributed by atoms with Gasteiger partial charge in [0.1, 0.15) is 17.6 Å². The number of thioether (sulfide) groups is 1. The van der Waals surface area contributed by atoms with Crippen LogP contribution >= 0.6 is 11.8 Å². The lowest BCUT2D eigenvalue weighted by Crippen LogP contribution is -2.51. The number of hydrogen-bond donors (Lipinski definition) is 2. The maximum atomic E-state index is 14.9. The minimum atomic E-state index is -0.900. The zero-order valence-electron chi connectivity index (χ0n) is 15.6. The number of oxazole rings is 1. The Labute approximate surface area is 165 Å². The number of amidine groups is 1. The maximum Gasteiger partial charge on any atom is 0.277 e. The fourth-order valence-electron chi connectivity index (χ4n) is 3.85. The van der Waals surface area contributed by atoms with E-state index in [0.29, 0.717) is 28.9 Å². The van der Waals surface area contributed by atoms with Crippen LogP contribution in [-0.2, 0) is 10.3 Å². The van der Waals surface area contributed by atoms with Gasteiger partial charge in [0.05, 0.1) is 6.61 Å². The number of ether oxygens (including phenoxy) is 1. The minimum absolute atomic E-state index is 0.0807. The van der Waals surface area contributed by atoms with E-state index >= 15 is 0 Å². The molecule has 0 saturated carbocycles. The Balaban J connectivity index is 1.71. The molecular weight excluding hydrogens is 383 g/mol. The Morgan fingerprint density at radius 3 is 3.04 bits per heavy atom. The van der Waals surface area contributed by atoms with Crippen LogP contribution in [0, 0.1) is 24.6 Å². The number of nitrogens with one attached hydrogen (secondary N) is 1. The summed E-state index contributed by atoms with van der Waals surface area (Å²) < 4.78 is 25.8. The van der Waals surface area contributed by atoms with Crippen LogP contribution in [0.25, 0.3) is 0 Å². The summed E-state index contributed by atoms with van der Waals surface area (Å²) in [7, 11) is 0. The van der Waals surface area contributed by atoms with Gasteiger partial charge in [-0.05, 0) is 24.1 Å². The predicted molar refractivity (Wildman–Crippen MR) is 105 cm³/mol. The van der Waals surface area contributed by atoms with Crippen LogP contribution in [0.5, 0.6) is 0 Å². The number of benzene rings is 1. The van der Waals surface area contributed by atoms with Crippen molar-refractivity contribution in [3.05, 3.63) is 47.4 Å². The van der Waals surface area contributed by atoms with E-state index in [4.69, 9.17) is 14.9 Å². The van der Waals surface area contributed by atoms with Crippen molar-refractivity contribution in [2.24, 2.45) is 22.6 Å². The van der Waals surface area contributed by atoms with Crippen molar-refractivity contribution in [2.75, 3.05) is 24.3 Å². The van der Waals surface area contributed by atoms with E-state index in [0.717, 1.165) is 5.75 Å². The van der Waals surface area contributed by atoms with Crippen LogP contribution in [0.1, 0.15) is 28.9 Å². The van der Waals surface area contributed by atoms with E-state index in [2.05, 4.69) is 22.2 Å². The maximum absolute atomic E-state index is 14.9. The van der Waals surface area contributed by atoms with Gasteiger partial charge in [0, 0.05) is 36.5 Å². The first-order valence-electron chi connectivity index (χ1n) is 8.98. The number of aliphatic imine (C=N–C) groups is 1. The second-order valence-corrected chi connectivity index (χ2v) is 8.23. The van der Waals surface area contributed by atoms with Gasteiger partial charge in [-0.2, -0.15) is 0 Å². The molecule has 2 aromatic rings. The van der Waals surface area contributed by atoms with Crippen molar-refractivity contribution in [3.8, 4) is 0 Å². The van der Waals surface area contributed by atoms with E-state index in [-0.39, 0.29) is 24.1 Å². The van der Waals surface area contributed by atoms with E-state index in [9.17, 15) is 9.18 Å². The lowest BCUT2D eigenvalue weighted by Gasteiger charge is -2.47. The number of carbonyl (C=O) groups is 1. The molecule has 4 rings (SSSR count). The minimum Gasteiger partial charge on any atom is -0.448 e. The van der Waals surface area contributed by atoms with Crippen LogP contribution < -0.4 is 11.1 Å². The standard InChI is InChI=1S/C19H21FN4O3S/c1-10-6-26-9-19(14(10)8-28-18(21)24-19)13-5-12(3-4-15(13)20)23-17(25)16-7-27-11(2)22-16/h3-5,7,10,14H,6,8-9H2,1-2H3,(H2,21,24)(H,23,25). The van der Waals surface area contributed by atoms with Crippen molar-refractivity contribution < 1.29 is 18.3 Å². The topological polar surface area (TPSA) is 103 Å². The van der Waals surface area contributed by atoms with Gasteiger partial charge in [-0.3, -0.25) is 4.79 Å². The van der Waals surface area contributed by atoms with Crippen LogP contribution in [0.3, 0.4) is 0 Å². The van der Waals surface area contributed by atoms with Crippen LogP contribution in [0.2, 0.25) is 0 Å². The molecule has 3 atom stereocenters. The highest BCUT2D eigenvalue weighted by molar-refractivity contribution is 8.13. The van der Waals surface area contributed by atoms with Gasteiger partial charge in [0.25, 0.3) is 5.91 Å². The van der Waals surface area contributed by atoms with E-state index in [1.165, 1.54) is 30.2 Å². The highest BCUT2D eigenvalue weighted by atomic mass is 32.2. The van der Waals surface area contributed by atoms with E-state index < -0.39 is 17.3 Å². The Morgan fingerprint density at radius 1 is 1.46 bits per heavy atom. The summed E-state index contributed by atoms with van der Waals surface area (Å²) in [6.07, 6.45) is 1.28. The average molecular weight is 404 g/mol. The Bertz CT molecular complexity index is 947. The first-order chi connectivity index (χ1) is 13.4. The fourth-order valence-corrected chi connectivity index (χ4v) is 5.03. The smallest absolute Gasteiger partial charge is 0.277 e. The summed E-state index contributed by atoms with van der Waals surface area (Å²) in [5.41, 5.74) is 6.08. The number of amides is 1. The van der Waals surface area contributed by atoms with Gasteiger partial charge >= 0.3 is 0 Å². The number of rotatable bonds is 3. The van der Waals surface area contributed by atoms with Gasteiger partial charge in [-0.15, -0.1) is 0 Å². The van der Waals surface area contributed by atoms with Crippen LogP contribution in [-0.4, -0.2) is 35.0 Å². The first kappa shape index (κ1) is 18.9. The van der Waals surface area contributed by atoms with Gasteiger partial charge in [-0.1, -0.05) is 18.7 Å². The number of nitrogens with zero attached hydrogens (tertiary/aromatic N) is 2. The van der Waals surface area contributed by atoms with E-state index in [1.54, 1.807) is 13.0 Å². The van der Waals surface area contributed by atoms with Gasteiger partial charge in [-0.25, -0.2) is 14.4 Å². The number of anilines is 1. The van der Waals surface area contributed by atoms with Crippen molar-refractivity contribution in [3.63, 3.8) is 0 Å². The Hall–Kier alpha value is -2.39. The summed E-state index contributed by atoms with van der Waals surface area (Å²) >= 11 is 1.48. The van der Waals surface area contributed by atoms with Crippen molar-refractivity contribution >= 4 is 28.5 Å². The molecule has 0 radical (unpaired) electrons. The summed E-state index contributed by atoms with van der Waals surface area (Å²) in [6, 6.07) is 4.45. The quantitative estimate of drug-likeness (QED) is 0.815. The van der Waals surface area contributed by atoms with Crippen molar-refractivity contribution in [1.82, 2.24) is 4.98 Å². The zero-order chi connectivity index (χ0) is 19.9. The lowest BCUT2D eigenvalue weighted by molar-refractivity contribution is -0.0339. The molecule has 0 spiro atoms. The predicted octanol–water partition coefficient (Wildman–Crippen LogP) is 2.91. The molecule has 1 aromatic carbocycles. The van der Waals surface area contributed by atoms with Gasteiger partial charge in [0.2, 0.25) is 0 Å². The molecule has 1 amide bonds. The summed E-state index contributed by atoms with van der Waals surface area (Å²) in [5, 5.41) is 3.16. The molecule has 3 unspecified atom stereocenters. The Kier molecular flexibility index (Phi) is 4.88. The third-order valence-electron chi connectivity index (χ3n) is 5.27. The third-order valence-corrected chi connectivity index (χ3v) is 6.18. The molecule has 1 fully saturated rings. The van der Waals surface area contributed by atoms with Gasteiger partial charge < -0.3 is 20.2 Å². The van der Waals surface area contributed by atoms with Crippen molar-refractivity contribution in [2.45, 2.75) is 19.4 Å². The number of halogens is 1. The fraction of sp³-hybridized carbons (Fsp3) is 0.421. The Morgan fingerprint density at radius 2 is 2.29 bits per heavy atom. The first-order valence-corrected chi connectivity index (χ1v) is 9.97. The van der Waals surface area contributed by atoms with Crippen LogP contribution in [0.4, 0.5) is 10.1 Å². The summed E-state index contributed by atoms with van der Waals surface area (Å²) in [5.74, 6) is 0.588. The number of aryl methyl sites for hydroxylation is 1. The second kappa shape index (κ2) is 7.21. The molecule has 1 saturated heterocycles. The SMILES string of the molecule is Cc1nc(C(=O)Nc2ccc(F)c(C34COCC(C)C3CSC(N)=N4)c2)co1. The number of hydrogen-bond acceptors (Lipinski definition) is 7. The molecule has 2 aliphatic heterocycles. The second-order valence-electron chi connectivity index (χ2n) is 7.18.